The first-order valence-corrected chi connectivity index (χ1v) is 10.4. The molecule has 154 valence electrons. The zero-order chi connectivity index (χ0) is 20.9. The summed E-state index contributed by atoms with van der Waals surface area (Å²) in [6, 6.07) is 16.8. The molecule has 0 bridgehead atoms. The number of nitrogens with zero attached hydrogens (tertiary/aromatic N) is 2. The van der Waals surface area contributed by atoms with Crippen LogP contribution in [0.15, 0.2) is 59.5 Å². The number of benzene rings is 2. The number of anilines is 2. The van der Waals surface area contributed by atoms with Crippen molar-refractivity contribution in [1.82, 2.24) is 4.90 Å². The molecule has 0 aromatic heterocycles. The van der Waals surface area contributed by atoms with Gasteiger partial charge in [-0.25, -0.2) is 0 Å². The Kier molecular flexibility index (Phi) is 6.15. The van der Waals surface area contributed by atoms with Gasteiger partial charge in [-0.05, 0) is 47.7 Å². The number of rotatable bonds is 5. The second-order valence-electron chi connectivity index (χ2n) is 6.87. The lowest BCUT2D eigenvalue weighted by Crippen LogP contribution is -2.36. The predicted molar refractivity (Wildman–Crippen MR) is 117 cm³/mol. The van der Waals surface area contributed by atoms with Crippen molar-refractivity contribution in [2.75, 3.05) is 43.1 Å². The van der Waals surface area contributed by atoms with Crippen molar-refractivity contribution < 1.29 is 19.1 Å². The molecule has 1 N–H and O–H groups in total. The van der Waals surface area contributed by atoms with E-state index in [1.165, 1.54) is 0 Å². The van der Waals surface area contributed by atoms with E-state index in [4.69, 9.17) is 4.74 Å². The average Bonchev–Trinajstić information content (AvgIpc) is 3.03. The largest absolute Gasteiger partial charge is 0.378 e. The van der Waals surface area contributed by atoms with E-state index < -0.39 is 17.1 Å². The third kappa shape index (κ3) is 4.72. The van der Waals surface area contributed by atoms with Crippen molar-refractivity contribution in [3.05, 3.63) is 65.1 Å². The van der Waals surface area contributed by atoms with Gasteiger partial charge in [-0.2, -0.15) is 0 Å². The fraction of sp³-hybridized carbons (Fsp3) is 0.227. The number of morpholine rings is 1. The molecule has 2 aromatic carbocycles. The van der Waals surface area contributed by atoms with E-state index >= 15 is 0 Å². The van der Waals surface area contributed by atoms with Crippen LogP contribution in [0.4, 0.5) is 16.2 Å². The minimum atomic E-state index is -0.452. The minimum absolute atomic E-state index is 0.314. The number of nitrogens with one attached hydrogen (secondary N) is 1. The van der Waals surface area contributed by atoms with E-state index in [2.05, 4.69) is 10.2 Å². The van der Waals surface area contributed by atoms with Crippen molar-refractivity contribution >= 4 is 46.3 Å². The van der Waals surface area contributed by atoms with E-state index in [0.717, 1.165) is 41.0 Å². The standard InChI is InChI=1S/C22H21N3O4S/c26-20(23-17-6-8-18(9-7-17)24-10-12-29-13-11-24)15-25-21(27)19(30-22(25)28)14-16-4-2-1-3-5-16/h1-9,14H,10-13,15H2,(H,23,26)/b19-14+. The van der Waals surface area contributed by atoms with Gasteiger partial charge < -0.3 is 15.0 Å². The van der Waals surface area contributed by atoms with Crippen LogP contribution in [0, 0.1) is 0 Å². The Labute approximate surface area is 178 Å². The third-order valence-corrected chi connectivity index (χ3v) is 5.71. The van der Waals surface area contributed by atoms with Gasteiger partial charge in [0.2, 0.25) is 5.91 Å². The molecule has 2 aromatic rings. The van der Waals surface area contributed by atoms with Gasteiger partial charge in [0.15, 0.2) is 0 Å². The van der Waals surface area contributed by atoms with Gasteiger partial charge in [0, 0.05) is 24.5 Å². The summed E-state index contributed by atoms with van der Waals surface area (Å²) in [6.45, 7) is 2.76. The molecule has 0 saturated carbocycles. The lowest BCUT2D eigenvalue weighted by molar-refractivity contribution is -0.127. The van der Waals surface area contributed by atoms with Crippen LogP contribution in [-0.2, 0) is 14.3 Å². The summed E-state index contributed by atoms with van der Waals surface area (Å²) in [6.07, 6.45) is 1.66. The number of ether oxygens (including phenoxy) is 1. The molecule has 3 amide bonds. The highest BCUT2D eigenvalue weighted by Gasteiger charge is 2.36. The molecule has 2 aliphatic rings. The van der Waals surface area contributed by atoms with Gasteiger partial charge >= 0.3 is 0 Å². The zero-order valence-corrected chi connectivity index (χ0v) is 17.1. The second-order valence-corrected chi connectivity index (χ2v) is 7.87. The lowest BCUT2D eigenvalue weighted by Gasteiger charge is -2.28. The van der Waals surface area contributed by atoms with Crippen LogP contribution in [0.3, 0.4) is 0 Å². The SMILES string of the molecule is O=C(CN1C(=O)S/C(=C/c2ccccc2)C1=O)Nc1ccc(N2CCOCC2)cc1. The Morgan fingerprint density at radius 2 is 1.73 bits per heavy atom. The number of imide groups is 1. The van der Waals surface area contributed by atoms with Gasteiger partial charge in [0.05, 0.1) is 18.1 Å². The summed E-state index contributed by atoms with van der Waals surface area (Å²) in [7, 11) is 0. The van der Waals surface area contributed by atoms with E-state index in [1.54, 1.807) is 6.08 Å². The molecule has 0 spiro atoms. The first-order chi connectivity index (χ1) is 14.6. The van der Waals surface area contributed by atoms with Gasteiger partial charge in [-0.3, -0.25) is 19.3 Å². The van der Waals surface area contributed by atoms with Crippen LogP contribution < -0.4 is 10.2 Å². The minimum Gasteiger partial charge on any atom is -0.378 e. The van der Waals surface area contributed by atoms with Crippen molar-refractivity contribution in [1.29, 1.82) is 0 Å². The average molecular weight is 423 g/mol. The van der Waals surface area contributed by atoms with Crippen molar-refractivity contribution in [2.24, 2.45) is 0 Å². The van der Waals surface area contributed by atoms with Crippen LogP contribution >= 0.6 is 11.8 Å². The maximum atomic E-state index is 12.5. The Morgan fingerprint density at radius 1 is 1.03 bits per heavy atom. The van der Waals surface area contributed by atoms with Gasteiger partial charge in [-0.15, -0.1) is 0 Å². The fourth-order valence-electron chi connectivity index (χ4n) is 3.26. The molecule has 2 heterocycles. The third-order valence-electron chi connectivity index (χ3n) is 4.80. The number of hydrogen-bond acceptors (Lipinski definition) is 6. The molecule has 0 aliphatic carbocycles. The van der Waals surface area contributed by atoms with Crippen molar-refractivity contribution in [2.45, 2.75) is 0 Å². The highest BCUT2D eigenvalue weighted by Crippen LogP contribution is 2.32. The highest BCUT2D eigenvalue weighted by molar-refractivity contribution is 8.18. The molecule has 7 nitrogen and oxygen atoms in total. The summed E-state index contributed by atoms with van der Waals surface area (Å²) < 4.78 is 5.35. The molecule has 2 saturated heterocycles. The molecule has 2 aliphatic heterocycles. The number of carbonyl (C=O) groups excluding carboxylic acids is 3. The van der Waals surface area contributed by atoms with Crippen LogP contribution in [0.2, 0.25) is 0 Å². The molecule has 2 fully saturated rings. The number of carbonyl (C=O) groups is 3. The summed E-state index contributed by atoms with van der Waals surface area (Å²) >= 11 is 0.845. The first kappa shape index (κ1) is 20.2. The van der Waals surface area contributed by atoms with Crippen LogP contribution in [0.25, 0.3) is 6.08 Å². The molecule has 30 heavy (non-hydrogen) atoms. The molecule has 8 heteroatoms. The van der Waals surface area contributed by atoms with E-state index in [1.807, 2.05) is 54.6 Å². The Hall–Kier alpha value is -3.10. The lowest BCUT2D eigenvalue weighted by atomic mass is 10.2. The maximum Gasteiger partial charge on any atom is 0.294 e. The number of amides is 3. The summed E-state index contributed by atoms with van der Waals surface area (Å²) in [5.41, 5.74) is 2.50. The molecule has 0 atom stereocenters. The van der Waals surface area contributed by atoms with Crippen molar-refractivity contribution in [3.8, 4) is 0 Å². The van der Waals surface area contributed by atoms with Crippen LogP contribution in [-0.4, -0.2) is 54.8 Å². The van der Waals surface area contributed by atoms with Gasteiger partial charge in [-0.1, -0.05) is 30.3 Å². The molecule has 0 unspecified atom stereocenters. The van der Waals surface area contributed by atoms with E-state index in [0.29, 0.717) is 23.8 Å². The second kappa shape index (κ2) is 9.15. The Bertz CT molecular complexity index is 970. The topological polar surface area (TPSA) is 79.0 Å². The smallest absolute Gasteiger partial charge is 0.294 e. The Balaban J connectivity index is 1.36. The van der Waals surface area contributed by atoms with Crippen molar-refractivity contribution in [3.63, 3.8) is 0 Å². The predicted octanol–water partition coefficient (Wildman–Crippen LogP) is 3.20. The molecular weight excluding hydrogens is 402 g/mol. The van der Waals surface area contributed by atoms with E-state index in [9.17, 15) is 14.4 Å². The number of hydrogen-bond donors (Lipinski definition) is 1. The number of thioether (sulfide) groups is 1. The highest BCUT2D eigenvalue weighted by atomic mass is 32.2. The van der Waals surface area contributed by atoms with Gasteiger partial charge in [0.25, 0.3) is 11.1 Å². The maximum absolute atomic E-state index is 12.5. The first-order valence-electron chi connectivity index (χ1n) is 9.63. The summed E-state index contributed by atoms with van der Waals surface area (Å²) in [5.74, 6) is -0.871. The molecule has 0 radical (unpaired) electrons. The molecular formula is C22H21N3O4S. The van der Waals surface area contributed by atoms with Crippen LogP contribution in [0.5, 0.6) is 0 Å². The fourth-order valence-corrected chi connectivity index (χ4v) is 4.10. The van der Waals surface area contributed by atoms with Gasteiger partial charge in [0.1, 0.15) is 6.54 Å². The summed E-state index contributed by atoms with van der Waals surface area (Å²) in [5, 5.41) is 2.30. The van der Waals surface area contributed by atoms with E-state index in [-0.39, 0.29) is 6.54 Å². The normalized spacial score (nSPS) is 18.2. The zero-order valence-electron chi connectivity index (χ0n) is 16.2. The molecule has 4 rings (SSSR count). The quantitative estimate of drug-likeness (QED) is 0.744. The monoisotopic (exact) mass is 423 g/mol. The Morgan fingerprint density at radius 3 is 2.43 bits per heavy atom. The van der Waals surface area contributed by atoms with Crippen LogP contribution in [0.1, 0.15) is 5.56 Å². The summed E-state index contributed by atoms with van der Waals surface area (Å²) in [4.78, 5) is 40.7.